The lowest BCUT2D eigenvalue weighted by Crippen LogP contribution is -2.32. The van der Waals surface area contributed by atoms with Crippen LogP contribution in [0.5, 0.6) is 0 Å². The summed E-state index contributed by atoms with van der Waals surface area (Å²) in [6, 6.07) is -0.512. The molecule has 0 aromatic carbocycles. The molecule has 0 spiro atoms. The maximum Gasteiger partial charge on any atom is 0.312 e. The smallest absolute Gasteiger partial charge is 0.312 e. The van der Waals surface area contributed by atoms with Gasteiger partial charge in [-0.2, -0.15) is 0 Å². The molecule has 0 fully saturated rings. The van der Waals surface area contributed by atoms with Crippen LogP contribution in [0, 0.1) is 0 Å². The second-order valence-corrected chi connectivity index (χ2v) is 2.01. The molecule has 5 nitrogen and oxygen atoms in total. The average Bonchev–Trinajstić information content (AvgIpc) is 1.96. The van der Waals surface area contributed by atoms with Crippen LogP contribution in [-0.2, 0) is 4.74 Å². The fraction of sp³-hybridized carbons (Fsp3) is 0.833. The predicted molar refractivity (Wildman–Crippen MR) is 42.3 cm³/mol. The van der Waals surface area contributed by atoms with Gasteiger partial charge in [0, 0.05) is 13.1 Å². The molecule has 0 aromatic rings. The molecule has 0 bridgehead atoms. The van der Waals surface area contributed by atoms with Crippen LogP contribution < -0.4 is 16.4 Å². The van der Waals surface area contributed by atoms with Crippen LogP contribution in [0.15, 0.2) is 0 Å². The minimum absolute atomic E-state index is 0.471. The van der Waals surface area contributed by atoms with Gasteiger partial charge in [0.15, 0.2) is 0 Å². The highest BCUT2D eigenvalue weighted by Gasteiger charge is 1.89. The Labute approximate surface area is 66.3 Å². The molecule has 0 saturated heterocycles. The first kappa shape index (κ1) is 10.2. The SMILES string of the molecule is CNCCOCCNC(N)=O. The fourth-order valence-electron chi connectivity index (χ4n) is 0.523. The highest BCUT2D eigenvalue weighted by Crippen LogP contribution is 1.70. The van der Waals surface area contributed by atoms with E-state index in [2.05, 4.69) is 10.6 Å². The number of rotatable bonds is 6. The number of hydrogen-bond acceptors (Lipinski definition) is 3. The summed E-state index contributed by atoms with van der Waals surface area (Å²) < 4.78 is 5.09. The van der Waals surface area contributed by atoms with E-state index >= 15 is 0 Å². The number of ether oxygens (including phenoxy) is 1. The summed E-state index contributed by atoms with van der Waals surface area (Å²) in [5, 5.41) is 5.35. The lowest BCUT2D eigenvalue weighted by atomic mass is 10.6. The number of hydrogen-bond donors (Lipinski definition) is 3. The first-order valence-electron chi connectivity index (χ1n) is 3.53. The summed E-state index contributed by atoms with van der Waals surface area (Å²) in [6.07, 6.45) is 0. The Kier molecular flexibility index (Phi) is 6.76. The van der Waals surface area contributed by atoms with Gasteiger partial charge < -0.3 is 21.1 Å². The average molecular weight is 161 g/mol. The third-order valence-electron chi connectivity index (χ3n) is 1.04. The molecule has 0 aliphatic rings. The Hall–Kier alpha value is -0.810. The molecule has 0 aliphatic heterocycles. The zero-order valence-electron chi connectivity index (χ0n) is 6.72. The summed E-state index contributed by atoms with van der Waals surface area (Å²) >= 11 is 0. The highest BCUT2D eigenvalue weighted by molar-refractivity contribution is 5.71. The number of carbonyl (C=O) groups excluding carboxylic acids is 1. The van der Waals surface area contributed by atoms with E-state index in [9.17, 15) is 4.79 Å². The van der Waals surface area contributed by atoms with E-state index in [1.54, 1.807) is 0 Å². The van der Waals surface area contributed by atoms with Crippen molar-refractivity contribution in [3.8, 4) is 0 Å². The zero-order chi connectivity index (χ0) is 8.53. The Balaban J connectivity index is 2.85. The van der Waals surface area contributed by atoms with E-state index in [1.807, 2.05) is 7.05 Å². The molecule has 0 rings (SSSR count). The largest absolute Gasteiger partial charge is 0.378 e. The number of likely N-dealkylation sites (N-methyl/N-ethyl adjacent to an activating group) is 1. The van der Waals surface area contributed by atoms with Gasteiger partial charge in [-0.25, -0.2) is 4.79 Å². The number of primary amides is 1. The number of nitrogens with two attached hydrogens (primary N) is 1. The van der Waals surface area contributed by atoms with Gasteiger partial charge in [-0.05, 0) is 7.05 Å². The standard InChI is InChI=1S/C6H15N3O2/c1-8-2-4-11-5-3-9-6(7)10/h8H,2-5H2,1H3,(H3,7,9,10). The minimum atomic E-state index is -0.512. The van der Waals surface area contributed by atoms with E-state index in [4.69, 9.17) is 10.5 Å². The molecule has 0 saturated carbocycles. The molecule has 0 unspecified atom stereocenters. The van der Waals surface area contributed by atoms with E-state index < -0.39 is 6.03 Å². The number of nitrogens with one attached hydrogen (secondary N) is 2. The van der Waals surface area contributed by atoms with Gasteiger partial charge in [0.1, 0.15) is 0 Å². The van der Waals surface area contributed by atoms with Crippen molar-refractivity contribution in [2.24, 2.45) is 5.73 Å². The van der Waals surface area contributed by atoms with E-state index in [1.165, 1.54) is 0 Å². The van der Waals surface area contributed by atoms with Crippen molar-refractivity contribution in [2.75, 3.05) is 33.4 Å². The van der Waals surface area contributed by atoms with Crippen molar-refractivity contribution in [1.29, 1.82) is 0 Å². The fourth-order valence-corrected chi connectivity index (χ4v) is 0.523. The lowest BCUT2D eigenvalue weighted by molar-refractivity contribution is 0.140. The molecule has 0 aromatic heterocycles. The number of carbonyl (C=O) groups is 1. The Morgan fingerprint density at radius 2 is 2.09 bits per heavy atom. The molecule has 0 heterocycles. The summed E-state index contributed by atoms with van der Waals surface area (Å²) in [4.78, 5) is 10.1. The second kappa shape index (κ2) is 7.30. The van der Waals surface area contributed by atoms with Crippen molar-refractivity contribution in [3.63, 3.8) is 0 Å². The second-order valence-electron chi connectivity index (χ2n) is 2.01. The molecule has 0 aliphatic carbocycles. The van der Waals surface area contributed by atoms with E-state index in [-0.39, 0.29) is 0 Å². The Bertz CT molecular complexity index is 108. The molecule has 66 valence electrons. The van der Waals surface area contributed by atoms with Crippen LogP contribution in [0.1, 0.15) is 0 Å². The molecule has 11 heavy (non-hydrogen) atoms. The molecule has 0 atom stereocenters. The van der Waals surface area contributed by atoms with Gasteiger partial charge in [0.25, 0.3) is 0 Å². The molecule has 4 N–H and O–H groups in total. The first-order chi connectivity index (χ1) is 5.27. The van der Waals surface area contributed by atoms with Crippen molar-refractivity contribution in [3.05, 3.63) is 0 Å². The maximum absolute atomic E-state index is 10.1. The van der Waals surface area contributed by atoms with Crippen LogP contribution in [0.25, 0.3) is 0 Å². The predicted octanol–water partition coefficient (Wildman–Crippen LogP) is -1.11. The third-order valence-corrected chi connectivity index (χ3v) is 1.04. The Morgan fingerprint density at radius 1 is 1.45 bits per heavy atom. The summed E-state index contributed by atoms with van der Waals surface area (Å²) in [6.45, 7) is 2.44. The summed E-state index contributed by atoms with van der Waals surface area (Å²) in [5.74, 6) is 0. The van der Waals surface area contributed by atoms with Crippen LogP contribution in [0.4, 0.5) is 4.79 Å². The van der Waals surface area contributed by atoms with Gasteiger partial charge in [-0.15, -0.1) is 0 Å². The quantitative estimate of drug-likeness (QED) is 0.432. The van der Waals surface area contributed by atoms with Gasteiger partial charge >= 0.3 is 6.03 Å². The van der Waals surface area contributed by atoms with Crippen molar-refractivity contribution in [2.45, 2.75) is 0 Å². The minimum Gasteiger partial charge on any atom is -0.378 e. The van der Waals surface area contributed by atoms with E-state index in [0.717, 1.165) is 6.54 Å². The van der Waals surface area contributed by atoms with Crippen LogP contribution in [0.3, 0.4) is 0 Å². The maximum atomic E-state index is 10.1. The van der Waals surface area contributed by atoms with Gasteiger partial charge in [0.05, 0.1) is 13.2 Å². The normalized spacial score (nSPS) is 9.55. The van der Waals surface area contributed by atoms with Crippen LogP contribution in [0.2, 0.25) is 0 Å². The highest BCUT2D eigenvalue weighted by atomic mass is 16.5. The van der Waals surface area contributed by atoms with E-state index in [0.29, 0.717) is 19.8 Å². The molecule has 0 radical (unpaired) electrons. The molecular weight excluding hydrogens is 146 g/mol. The van der Waals surface area contributed by atoms with Crippen LogP contribution >= 0.6 is 0 Å². The Morgan fingerprint density at radius 3 is 2.64 bits per heavy atom. The molecule has 2 amide bonds. The summed E-state index contributed by atoms with van der Waals surface area (Å²) in [5.41, 5.74) is 4.82. The monoisotopic (exact) mass is 161 g/mol. The molecular formula is C6H15N3O2. The van der Waals surface area contributed by atoms with Gasteiger partial charge in [-0.1, -0.05) is 0 Å². The van der Waals surface area contributed by atoms with Gasteiger partial charge in [-0.3, -0.25) is 0 Å². The number of urea groups is 1. The van der Waals surface area contributed by atoms with Gasteiger partial charge in [0.2, 0.25) is 0 Å². The molecule has 5 heteroatoms. The first-order valence-corrected chi connectivity index (χ1v) is 3.53. The third kappa shape index (κ3) is 9.19. The van der Waals surface area contributed by atoms with Crippen molar-refractivity contribution < 1.29 is 9.53 Å². The topological polar surface area (TPSA) is 76.4 Å². The zero-order valence-corrected chi connectivity index (χ0v) is 6.72. The number of amides is 2. The van der Waals surface area contributed by atoms with Crippen molar-refractivity contribution in [1.82, 2.24) is 10.6 Å². The van der Waals surface area contributed by atoms with Crippen LogP contribution in [-0.4, -0.2) is 39.4 Å². The van der Waals surface area contributed by atoms with Crippen molar-refractivity contribution >= 4 is 6.03 Å². The summed E-state index contributed by atoms with van der Waals surface area (Å²) in [7, 11) is 1.85. The lowest BCUT2D eigenvalue weighted by Gasteiger charge is -2.03.